The molecule has 1 saturated heterocycles. The third-order valence-corrected chi connectivity index (χ3v) is 5.64. The standard InChI is InChI=1S/C16H29N3OS/c1-11(2)9-17-14(20)13(4)18-15-19-16(10-21-15)7-5-12(3)6-8-16/h11-13H,5-10H2,1-4H3,(H,17,20)(H,18,19). The molecule has 1 spiro atoms. The van der Waals surface area contributed by atoms with Gasteiger partial charge in [0.25, 0.3) is 0 Å². The zero-order valence-electron chi connectivity index (χ0n) is 13.7. The molecule has 1 aliphatic heterocycles. The van der Waals surface area contributed by atoms with Gasteiger partial charge in [-0.25, -0.2) is 4.99 Å². The van der Waals surface area contributed by atoms with E-state index in [-0.39, 0.29) is 17.5 Å². The van der Waals surface area contributed by atoms with Crippen LogP contribution in [0, 0.1) is 11.8 Å². The molecule has 21 heavy (non-hydrogen) atoms. The third-order valence-electron chi connectivity index (χ3n) is 4.46. The summed E-state index contributed by atoms with van der Waals surface area (Å²) in [6.07, 6.45) is 5.05. The van der Waals surface area contributed by atoms with Gasteiger partial charge in [0.05, 0.1) is 0 Å². The van der Waals surface area contributed by atoms with E-state index in [1.165, 1.54) is 25.7 Å². The van der Waals surface area contributed by atoms with E-state index in [0.717, 1.165) is 23.4 Å². The topological polar surface area (TPSA) is 53.5 Å². The molecule has 2 N–H and O–H groups in total. The number of carbonyl (C=O) groups excluding carboxylic acids is 1. The largest absolute Gasteiger partial charge is 0.359 e. The molecule has 4 nitrogen and oxygen atoms in total. The van der Waals surface area contributed by atoms with Crippen molar-refractivity contribution in [2.24, 2.45) is 16.8 Å². The van der Waals surface area contributed by atoms with Crippen LogP contribution in [-0.4, -0.2) is 35.0 Å². The molecule has 2 aliphatic rings. The second kappa shape index (κ2) is 7.03. The zero-order valence-corrected chi connectivity index (χ0v) is 14.6. The van der Waals surface area contributed by atoms with Crippen molar-refractivity contribution in [2.75, 3.05) is 12.3 Å². The van der Waals surface area contributed by atoms with Gasteiger partial charge in [-0.2, -0.15) is 0 Å². The highest BCUT2D eigenvalue weighted by Crippen LogP contribution is 2.38. The van der Waals surface area contributed by atoms with Gasteiger partial charge < -0.3 is 10.6 Å². The number of hydrogen-bond donors (Lipinski definition) is 2. The van der Waals surface area contributed by atoms with Gasteiger partial charge in [0, 0.05) is 17.8 Å². The highest BCUT2D eigenvalue weighted by atomic mass is 32.2. The average Bonchev–Trinajstić information content (AvgIpc) is 2.82. The van der Waals surface area contributed by atoms with Crippen LogP contribution < -0.4 is 10.6 Å². The van der Waals surface area contributed by atoms with Crippen LogP contribution in [0.5, 0.6) is 0 Å². The molecular weight excluding hydrogens is 282 g/mol. The number of amidine groups is 1. The van der Waals surface area contributed by atoms with Gasteiger partial charge in [-0.1, -0.05) is 32.5 Å². The fourth-order valence-electron chi connectivity index (χ4n) is 2.85. The van der Waals surface area contributed by atoms with Crippen LogP contribution in [0.3, 0.4) is 0 Å². The fraction of sp³-hybridized carbons (Fsp3) is 0.875. The molecule has 120 valence electrons. The molecule has 2 fully saturated rings. The number of hydrogen-bond acceptors (Lipinski definition) is 3. The van der Waals surface area contributed by atoms with Gasteiger partial charge >= 0.3 is 0 Å². The van der Waals surface area contributed by atoms with E-state index in [9.17, 15) is 4.79 Å². The number of carbonyl (C=O) groups is 1. The van der Waals surface area contributed by atoms with Crippen LogP contribution in [0.25, 0.3) is 0 Å². The van der Waals surface area contributed by atoms with Crippen molar-refractivity contribution < 1.29 is 4.79 Å². The first-order valence-corrected chi connectivity index (χ1v) is 9.15. The second-order valence-electron chi connectivity index (χ2n) is 7.13. The van der Waals surface area contributed by atoms with E-state index in [1.54, 1.807) is 11.8 Å². The molecule has 1 amide bonds. The van der Waals surface area contributed by atoms with Crippen molar-refractivity contribution in [3.05, 3.63) is 0 Å². The summed E-state index contributed by atoms with van der Waals surface area (Å²) in [7, 11) is 0. The lowest BCUT2D eigenvalue weighted by atomic mass is 9.78. The van der Waals surface area contributed by atoms with Crippen molar-refractivity contribution in [3.8, 4) is 0 Å². The summed E-state index contributed by atoms with van der Waals surface area (Å²) in [6, 6.07) is -0.309. The SMILES string of the molecule is CC(C)CNC(=O)C(C)N=C1NC2(CCC(C)CC2)CS1. The highest BCUT2D eigenvalue weighted by Gasteiger charge is 2.39. The molecule has 0 aromatic rings. The zero-order chi connectivity index (χ0) is 15.5. The molecule has 0 aromatic heterocycles. The monoisotopic (exact) mass is 311 g/mol. The normalized spacial score (nSPS) is 32.4. The molecule has 2 rings (SSSR count). The van der Waals surface area contributed by atoms with E-state index in [4.69, 9.17) is 0 Å². The lowest BCUT2D eigenvalue weighted by molar-refractivity contribution is -0.122. The van der Waals surface area contributed by atoms with Gasteiger partial charge in [0.1, 0.15) is 6.04 Å². The number of aliphatic imine (C=N–C) groups is 1. The van der Waals surface area contributed by atoms with Gasteiger partial charge in [0.15, 0.2) is 5.17 Å². The molecule has 0 aromatic carbocycles. The molecule has 1 heterocycles. The fourth-order valence-corrected chi connectivity index (χ4v) is 4.14. The van der Waals surface area contributed by atoms with Gasteiger partial charge in [-0.15, -0.1) is 0 Å². The molecule has 0 bridgehead atoms. The van der Waals surface area contributed by atoms with E-state index in [1.807, 2.05) is 6.92 Å². The minimum absolute atomic E-state index is 0.0248. The molecule has 1 atom stereocenters. The van der Waals surface area contributed by atoms with Crippen LogP contribution >= 0.6 is 11.8 Å². The molecule has 0 radical (unpaired) electrons. The maximum absolute atomic E-state index is 12.0. The van der Waals surface area contributed by atoms with Crippen molar-refractivity contribution in [3.63, 3.8) is 0 Å². The Balaban J connectivity index is 1.86. The maximum Gasteiger partial charge on any atom is 0.244 e. The first kappa shape index (κ1) is 16.7. The summed E-state index contributed by atoms with van der Waals surface area (Å²) in [5, 5.41) is 7.52. The lowest BCUT2D eigenvalue weighted by Crippen LogP contribution is -2.46. The van der Waals surface area contributed by atoms with E-state index >= 15 is 0 Å². The van der Waals surface area contributed by atoms with Crippen molar-refractivity contribution in [1.82, 2.24) is 10.6 Å². The van der Waals surface area contributed by atoms with Crippen LogP contribution in [0.1, 0.15) is 53.4 Å². The number of thioether (sulfide) groups is 1. The Bertz CT molecular complexity index is 400. The highest BCUT2D eigenvalue weighted by molar-refractivity contribution is 8.14. The Morgan fingerprint density at radius 1 is 1.43 bits per heavy atom. The molecule has 5 heteroatoms. The van der Waals surface area contributed by atoms with Gasteiger partial charge in [-0.3, -0.25) is 4.79 Å². The summed E-state index contributed by atoms with van der Waals surface area (Å²) in [4.78, 5) is 16.6. The minimum Gasteiger partial charge on any atom is -0.359 e. The third kappa shape index (κ3) is 4.63. The summed E-state index contributed by atoms with van der Waals surface area (Å²) in [5.74, 6) is 2.44. The second-order valence-corrected chi connectivity index (χ2v) is 8.09. The number of nitrogens with zero attached hydrogens (tertiary/aromatic N) is 1. The Labute approximate surface area is 132 Å². The predicted molar refractivity (Wildman–Crippen MR) is 90.7 cm³/mol. The average molecular weight is 311 g/mol. The Kier molecular flexibility index (Phi) is 5.58. The maximum atomic E-state index is 12.0. The van der Waals surface area contributed by atoms with Crippen LogP contribution in [0.15, 0.2) is 4.99 Å². The summed E-state index contributed by atoms with van der Waals surface area (Å²) < 4.78 is 0. The first-order valence-electron chi connectivity index (χ1n) is 8.17. The lowest BCUT2D eigenvalue weighted by Gasteiger charge is -2.35. The summed E-state index contributed by atoms with van der Waals surface area (Å²) in [5.41, 5.74) is 0.240. The van der Waals surface area contributed by atoms with Crippen molar-refractivity contribution in [1.29, 1.82) is 0 Å². The Hall–Kier alpha value is -0.710. The van der Waals surface area contributed by atoms with Crippen molar-refractivity contribution in [2.45, 2.75) is 65.0 Å². The number of amides is 1. The number of nitrogens with one attached hydrogen (secondary N) is 2. The molecular formula is C16H29N3OS. The predicted octanol–water partition coefficient (Wildman–Crippen LogP) is 2.79. The minimum atomic E-state index is -0.309. The smallest absolute Gasteiger partial charge is 0.244 e. The van der Waals surface area contributed by atoms with Gasteiger partial charge in [-0.05, 0) is 44.4 Å². The van der Waals surface area contributed by atoms with E-state index in [0.29, 0.717) is 5.92 Å². The summed E-state index contributed by atoms with van der Waals surface area (Å²) >= 11 is 1.78. The van der Waals surface area contributed by atoms with Crippen LogP contribution in [-0.2, 0) is 4.79 Å². The molecule has 1 aliphatic carbocycles. The van der Waals surface area contributed by atoms with E-state index < -0.39 is 0 Å². The Morgan fingerprint density at radius 2 is 2.10 bits per heavy atom. The number of rotatable bonds is 4. The van der Waals surface area contributed by atoms with E-state index in [2.05, 4.69) is 36.4 Å². The van der Waals surface area contributed by atoms with Gasteiger partial charge in [0.2, 0.25) is 5.91 Å². The summed E-state index contributed by atoms with van der Waals surface area (Å²) in [6.45, 7) is 9.12. The van der Waals surface area contributed by atoms with Crippen LogP contribution in [0.2, 0.25) is 0 Å². The first-order chi connectivity index (χ1) is 9.90. The van der Waals surface area contributed by atoms with Crippen molar-refractivity contribution >= 4 is 22.8 Å². The Morgan fingerprint density at radius 3 is 2.71 bits per heavy atom. The van der Waals surface area contributed by atoms with Crippen LogP contribution in [0.4, 0.5) is 0 Å². The quantitative estimate of drug-likeness (QED) is 0.839. The molecule has 1 saturated carbocycles. The molecule has 1 unspecified atom stereocenters.